The van der Waals surface area contributed by atoms with Crippen LogP contribution in [0, 0.1) is 0 Å². The summed E-state index contributed by atoms with van der Waals surface area (Å²) in [4.78, 5) is 48.9. The van der Waals surface area contributed by atoms with Gasteiger partial charge in [0.05, 0.1) is 42.3 Å². The lowest BCUT2D eigenvalue weighted by atomic mass is 9.95. The molecule has 0 radical (unpaired) electrons. The van der Waals surface area contributed by atoms with Crippen molar-refractivity contribution in [2.45, 2.75) is 39.5 Å². The Bertz CT molecular complexity index is 2070. The molecule has 4 aromatic rings. The highest BCUT2D eigenvalue weighted by Gasteiger charge is 2.38. The maximum absolute atomic E-state index is 14.5. The maximum Gasteiger partial charge on any atom is 0.338 e. The molecular formula is C33H27BrClN3O5S. The van der Waals surface area contributed by atoms with Gasteiger partial charge in [-0.2, -0.15) is 0 Å². The first-order valence-corrected chi connectivity index (χ1v) is 15.8. The Labute approximate surface area is 270 Å². The van der Waals surface area contributed by atoms with Gasteiger partial charge in [-0.1, -0.05) is 75.3 Å². The van der Waals surface area contributed by atoms with Crippen molar-refractivity contribution >= 4 is 62.0 Å². The molecule has 0 N–H and O–H groups in total. The molecular weight excluding hydrogens is 666 g/mol. The van der Waals surface area contributed by atoms with E-state index in [1.54, 1.807) is 37.8 Å². The molecule has 0 fully saturated rings. The number of hydrogen-bond acceptors (Lipinski definition) is 7. The van der Waals surface area contributed by atoms with Crippen LogP contribution in [0.25, 0.3) is 5.57 Å². The van der Waals surface area contributed by atoms with E-state index in [0.717, 1.165) is 21.4 Å². The molecule has 224 valence electrons. The number of anilines is 1. The summed E-state index contributed by atoms with van der Waals surface area (Å²) < 4.78 is 13.7. The monoisotopic (exact) mass is 691 g/mol. The second-order valence-electron chi connectivity index (χ2n) is 10.6. The lowest BCUT2D eigenvalue weighted by Crippen LogP contribution is -2.41. The molecule has 3 aromatic carbocycles. The number of hydrogen-bond donors (Lipinski definition) is 0. The Morgan fingerprint density at radius 2 is 1.82 bits per heavy atom. The van der Waals surface area contributed by atoms with Crippen LogP contribution in [-0.4, -0.2) is 29.7 Å². The van der Waals surface area contributed by atoms with Crippen LogP contribution in [0.2, 0.25) is 5.02 Å². The third-order valence-electron chi connectivity index (χ3n) is 7.48. The topological polar surface area (TPSA) is 90.2 Å². The van der Waals surface area contributed by atoms with Crippen molar-refractivity contribution < 1.29 is 19.1 Å². The summed E-state index contributed by atoms with van der Waals surface area (Å²) in [6.45, 7) is 5.48. The van der Waals surface area contributed by atoms with Crippen molar-refractivity contribution in [3.8, 4) is 5.75 Å². The first-order chi connectivity index (χ1) is 21.1. The fourth-order valence-corrected chi connectivity index (χ4v) is 7.29. The summed E-state index contributed by atoms with van der Waals surface area (Å²) >= 11 is 11.1. The van der Waals surface area contributed by atoms with Crippen LogP contribution in [0.15, 0.2) is 92.3 Å². The molecule has 0 saturated carbocycles. The summed E-state index contributed by atoms with van der Waals surface area (Å²) in [6, 6.07) is 19.2. The molecule has 0 aliphatic carbocycles. The van der Waals surface area contributed by atoms with E-state index in [0.29, 0.717) is 38.1 Å². The van der Waals surface area contributed by atoms with Crippen LogP contribution in [0.5, 0.6) is 5.75 Å². The zero-order valence-electron chi connectivity index (χ0n) is 24.3. The number of rotatable bonds is 6. The number of aromatic nitrogens is 1. The molecule has 2 aliphatic heterocycles. The molecule has 11 heteroatoms. The summed E-state index contributed by atoms with van der Waals surface area (Å²) in [7, 11) is 1.53. The maximum atomic E-state index is 14.5. The van der Waals surface area contributed by atoms with Gasteiger partial charge in [0.15, 0.2) is 4.80 Å². The summed E-state index contributed by atoms with van der Waals surface area (Å²) in [5, 5.41) is 0.546. The molecule has 1 amide bonds. The Kier molecular flexibility index (Phi) is 8.08. The number of para-hydroxylation sites is 1. The number of nitrogens with zero attached hydrogens (tertiary/aromatic N) is 3. The van der Waals surface area contributed by atoms with Crippen molar-refractivity contribution in [2.24, 2.45) is 4.99 Å². The molecule has 8 nitrogen and oxygen atoms in total. The molecule has 0 spiro atoms. The van der Waals surface area contributed by atoms with Gasteiger partial charge in [0, 0.05) is 20.6 Å². The van der Waals surface area contributed by atoms with Crippen molar-refractivity contribution in [1.82, 2.24) is 4.57 Å². The van der Waals surface area contributed by atoms with Gasteiger partial charge in [-0.15, -0.1) is 0 Å². The van der Waals surface area contributed by atoms with Gasteiger partial charge in [0.2, 0.25) is 0 Å². The van der Waals surface area contributed by atoms with Gasteiger partial charge in [0.1, 0.15) is 16.3 Å². The number of carbonyl (C=O) groups excluding carboxylic acids is 2. The van der Waals surface area contributed by atoms with Crippen molar-refractivity contribution in [3.05, 3.63) is 124 Å². The van der Waals surface area contributed by atoms with E-state index in [-0.39, 0.29) is 28.1 Å². The molecule has 6 rings (SSSR count). The summed E-state index contributed by atoms with van der Waals surface area (Å²) in [6.07, 6.45) is -0.392. The van der Waals surface area contributed by atoms with Crippen molar-refractivity contribution in [3.63, 3.8) is 0 Å². The number of halogens is 2. The SMILES string of the molecule is COc1ccc(Br)cc1[C@H]1C(C(=O)OC(C)C)=C(C)N=c2s/c(=C3\C(=O)N(Cc4ccccc4Cl)c4ccccc43)c(=O)n21. The van der Waals surface area contributed by atoms with Gasteiger partial charge in [-0.25, -0.2) is 9.79 Å². The zero-order chi connectivity index (χ0) is 31.3. The van der Waals surface area contributed by atoms with Gasteiger partial charge in [0.25, 0.3) is 11.5 Å². The number of carbonyl (C=O) groups is 2. The zero-order valence-corrected chi connectivity index (χ0v) is 27.4. The molecule has 1 aromatic heterocycles. The normalized spacial score (nSPS) is 17.0. The average molecular weight is 693 g/mol. The minimum atomic E-state index is -0.912. The second-order valence-corrected chi connectivity index (χ2v) is 12.9. The van der Waals surface area contributed by atoms with Gasteiger partial charge in [-0.05, 0) is 56.7 Å². The third-order valence-corrected chi connectivity index (χ3v) is 9.40. The van der Waals surface area contributed by atoms with Crippen molar-refractivity contribution in [2.75, 3.05) is 12.0 Å². The molecule has 3 heterocycles. The standard InChI is InChI=1S/C33H27BrClN3O5S/c1-17(2)43-32(41)26-18(3)36-33-38(28(26)22-15-20(34)13-14-25(22)42-4)31(40)29(44-33)27-21-10-6-8-12-24(21)37(30(27)39)16-19-9-5-7-11-23(19)35/h5-15,17,28H,16H2,1-4H3/b29-27-/t28-/m0/s1. The van der Waals surface area contributed by atoms with E-state index in [1.165, 1.54) is 11.7 Å². The number of allylic oxidation sites excluding steroid dienone is 1. The number of methoxy groups -OCH3 is 1. The molecule has 2 aliphatic rings. The van der Waals surface area contributed by atoms with Gasteiger partial charge < -0.3 is 14.4 Å². The van der Waals surface area contributed by atoms with Crippen LogP contribution < -0.4 is 24.5 Å². The Morgan fingerprint density at radius 1 is 1.09 bits per heavy atom. The van der Waals surface area contributed by atoms with E-state index in [1.807, 2.05) is 54.6 Å². The highest BCUT2D eigenvalue weighted by Crippen LogP contribution is 2.39. The molecule has 1 atom stereocenters. The number of fused-ring (bicyclic) bond motifs is 2. The number of ether oxygens (including phenoxy) is 2. The largest absolute Gasteiger partial charge is 0.496 e. The van der Waals surface area contributed by atoms with Crippen LogP contribution in [0.4, 0.5) is 5.69 Å². The Morgan fingerprint density at radius 3 is 2.55 bits per heavy atom. The van der Waals surface area contributed by atoms with Crippen LogP contribution in [-0.2, 0) is 20.9 Å². The Balaban J connectivity index is 1.61. The number of amides is 1. The molecule has 0 unspecified atom stereocenters. The molecule has 44 heavy (non-hydrogen) atoms. The first kappa shape index (κ1) is 30.1. The summed E-state index contributed by atoms with van der Waals surface area (Å²) in [5.41, 5.74) is 3.15. The molecule has 0 bridgehead atoms. The number of esters is 1. The lowest BCUT2D eigenvalue weighted by Gasteiger charge is -2.26. The smallest absolute Gasteiger partial charge is 0.338 e. The third kappa shape index (κ3) is 5.10. The van der Waals surface area contributed by atoms with Gasteiger partial charge in [-0.3, -0.25) is 14.2 Å². The van der Waals surface area contributed by atoms with Crippen LogP contribution >= 0.6 is 38.9 Å². The quantitative estimate of drug-likeness (QED) is 0.248. The Hall–Kier alpha value is -3.99. The number of benzene rings is 3. The van der Waals surface area contributed by atoms with E-state index < -0.39 is 23.7 Å². The van der Waals surface area contributed by atoms with Crippen LogP contribution in [0.1, 0.15) is 43.5 Å². The minimum absolute atomic E-state index is 0.220. The summed E-state index contributed by atoms with van der Waals surface area (Å²) in [5.74, 6) is -0.420. The number of thiazole rings is 1. The highest BCUT2D eigenvalue weighted by molar-refractivity contribution is 9.10. The van der Waals surface area contributed by atoms with E-state index in [9.17, 15) is 14.4 Å². The van der Waals surface area contributed by atoms with E-state index >= 15 is 0 Å². The predicted molar refractivity (Wildman–Crippen MR) is 174 cm³/mol. The van der Waals surface area contributed by atoms with E-state index in [4.69, 9.17) is 26.1 Å². The minimum Gasteiger partial charge on any atom is -0.496 e. The first-order valence-electron chi connectivity index (χ1n) is 13.8. The highest BCUT2D eigenvalue weighted by atomic mass is 79.9. The fraction of sp³-hybridized carbons (Fsp3) is 0.212. The predicted octanol–water partition coefficient (Wildman–Crippen LogP) is 5.53. The lowest BCUT2D eigenvalue weighted by molar-refractivity contribution is -0.143. The van der Waals surface area contributed by atoms with Gasteiger partial charge >= 0.3 is 5.97 Å². The average Bonchev–Trinajstić information content (AvgIpc) is 3.45. The van der Waals surface area contributed by atoms with Crippen molar-refractivity contribution in [1.29, 1.82) is 0 Å². The van der Waals surface area contributed by atoms with Crippen LogP contribution in [0.3, 0.4) is 0 Å². The second kappa shape index (κ2) is 11.8. The fourth-order valence-electron chi connectivity index (χ4n) is 5.58. The van der Waals surface area contributed by atoms with E-state index in [2.05, 4.69) is 15.9 Å². The molecule has 0 saturated heterocycles.